The van der Waals surface area contributed by atoms with Crippen LogP contribution in [0.4, 0.5) is 26.3 Å². The van der Waals surface area contributed by atoms with Crippen molar-refractivity contribution in [3.8, 4) is 10.7 Å². The van der Waals surface area contributed by atoms with Gasteiger partial charge in [0.15, 0.2) is 11.5 Å². The van der Waals surface area contributed by atoms with Crippen LogP contribution in [0.5, 0.6) is 0 Å². The van der Waals surface area contributed by atoms with Gasteiger partial charge >= 0.3 is 12.4 Å². The van der Waals surface area contributed by atoms with E-state index in [1.807, 2.05) is 0 Å². The molecule has 0 aliphatic carbocycles. The van der Waals surface area contributed by atoms with Crippen molar-refractivity contribution in [1.82, 2.24) is 19.6 Å². The SMILES string of the molecule is FC(F)(F)c1cc(C(F)(F)F)c2ccc3nnc(-c4cccs4)n3c2n1. The van der Waals surface area contributed by atoms with Gasteiger partial charge in [-0.1, -0.05) is 6.07 Å². The molecule has 0 spiro atoms. The first-order valence-corrected chi connectivity index (χ1v) is 7.91. The largest absolute Gasteiger partial charge is 0.433 e. The first kappa shape index (κ1) is 16.8. The summed E-state index contributed by atoms with van der Waals surface area (Å²) >= 11 is 1.23. The van der Waals surface area contributed by atoms with Crippen LogP contribution in [-0.2, 0) is 12.4 Å². The number of pyridine rings is 2. The van der Waals surface area contributed by atoms with Crippen molar-refractivity contribution in [3.05, 3.63) is 47.0 Å². The second-order valence-corrected chi connectivity index (χ2v) is 6.26. The van der Waals surface area contributed by atoms with E-state index in [9.17, 15) is 26.3 Å². The van der Waals surface area contributed by atoms with Gasteiger partial charge in [-0.3, -0.25) is 4.40 Å². The maximum atomic E-state index is 13.4. The van der Waals surface area contributed by atoms with Crippen LogP contribution >= 0.6 is 11.3 Å². The molecule has 26 heavy (non-hydrogen) atoms. The molecule has 4 aromatic rings. The predicted octanol–water partition coefficient (Wildman–Crippen LogP) is 5.04. The number of nitrogens with zero attached hydrogens (tertiary/aromatic N) is 4. The Labute approximate surface area is 144 Å². The number of aromatic nitrogens is 4. The summed E-state index contributed by atoms with van der Waals surface area (Å²) in [6.45, 7) is 0. The quantitative estimate of drug-likeness (QED) is 0.429. The third kappa shape index (κ3) is 2.59. The standard InChI is InChI=1S/C15H6F6N4S/c16-14(17,18)8-6-10(15(19,20)21)22-12-7(8)3-4-11-23-24-13(25(11)12)9-2-1-5-26-9/h1-6H. The van der Waals surface area contributed by atoms with Gasteiger partial charge in [-0.25, -0.2) is 4.98 Å². The fraction of sp³-hybridized carbons (Fsp3) is 0.133. The number of fused-ring (bicyclic) bond motifs is 3. The lowest BCUT2D eigenvalue weighted by atomic mass is 10.1. The average molecular weight is 388 g/mol. The van der Waals surface area contributed by atoms with Crippen LogP contribution in [0.25, 0.3) is 27.4 Å². The van der Waals surface area contributed by atoms with Crippen molar-refractivity contribution in [2.75, 3.05) is 0 Å². The van der Waals surface area contributed by atoms with E-state index in [2.05, 4.69) is 15.2 Å². The van der Waals surface area contributed by atoms with Crippen molar-refractivity contribution in [1.29, 1.82) is 0 Å². The second kappa shape index (κ2) is 5.40. The molecule has 0 amide bonds. The van der Waals surface area contributed by atoms with Crippen molar-refractivity contribution >= 4 is 28.0 Å². The molecule has 0 atom stereocenters. The van der Waals surface area contributed by atoms with Crippen LogP contribution in [0.3, 0.4) is 0 Å². The van der Waals surface area contributed by atoms with E-state index in [1.54, 1.807) is 17.5 Å². The Kier molecular flexibility index (Phi) is 3.48. The molecule has 4 nitrogen and oxygen atoms in total. The highest BCUT2D eigenvalue weighted by molar-refractivity contribution is 7.13. The van der Waals surface area contributed by atoms with Crippen LogP contribution in [0, 0.1) is 0 Å². The number of alkyl halides is 6. The molecule has 4 rings (SSSR count). The van der Waals surface area contributed by atoms with Crippen molar-refractivity contribution in [2.45, 2.75) is 12.4 Å². The summed E-state index contributed by atoms with van der Waals surface area (Å²) in [5.41, 5.74) is -3.45. The number of hydrogen-bond donors (Lipinski definition) is 0. The van der Waals surface area contributed by atoms with Gasteiger partial charge in [0, 0.05) is 5.39 Å². The van der Waals surface area contributed by atoms with Crippen LogP contribution in [0.1, 0.15) is 11.3 Å². The van der Waals surface area contributed by atoms with E-state index < -0.39 is 34.6 Å². The first-order valence-electron chi connectivity index (χ1n) is 7.03. The van der Waals surface area contributed by atoms with Gasteiger partial charge in [0.2, 0.25) is 0 Å². The molecule has 0 radical (unpaired) electrons. The molecular weight excluding hydrogens is 382 g/mol. The molecule has 4 heterocycles. The van der Waals surface area contributed by atoms with E-state index in [4.69, 9.17) is 0 Å². The third-order valence-electron chi connectivity index (χ3n) is 3.67. The van der Waals surface area contributed by atoms with E-state index in [-0.39, 0.29) is 17.5 Å². The number of hydrogen-bond acceptors (Lipinski definition) is 4. The van der Waals surface area contributed by atoms with Gasteiger partial charge in [-0.2, -0.15) is 26.3 Å². The molecular formula is C15H6F6N4S. The Bertz CT molecular complexity index is 1110. The zero-order chi connectivity index (χ0) is 18.7. The minimum absolute atomic E-state index is 0.0172. The van der Waals surface area contributed by atoms with E-state index in [0.717, 1.165) is 10.5 Å². The van der Waals surface area contributed by atoms with Crippen LogP contribution in [0.15, 0.2) is 35.7 Å². The maximum absolute atomic E-state index is 13.4. The van der Waals surface area contributed by atoms with E-state index >= 15 is 0 Å². The maximum Gasteiger partial charge on any atom is 0.433 e. The zero-order valence-corrected chi connectivity index (χ0v) is 13.2. The second-order valence-electron chi connectivity index (χ2n) is 5.32. The highest BCUT2D eigenvalue weighted by Crippen LogP contribution is 2.39. The summed E-state index contributed by atoms with van der Waals surface area (Å²) < 4.78 is 80.5. The molecule has 0 aliphatic rings. The molecule has 134 valence electrons. The molecule has 0 saturated carbocycles. The lowest BCUT2D eigenvalue weighted by Crippen LogP contribution is -2.14. The van der Waals surface area contributed by atoms with E-state index in [1.165, 1.54) is 17.4 Å². The number of thiophene rings is 1. The Morgan fingerprint density at radius 3 is 2.31 bits per heavy atom. The molecule has 11 heteroatoms. The fourth-order valence-corrected chi connectivity index (χ4v) is 3.29. The fourth-order valence-electron chi connectivity index (χ4n) is 2.59. The molecule has 0 bridgehead atoms. The Balaban J connectivity index is 2.18. The highest BCUT2D eigenvalue weighted by Gasteiger charge is 2.39. The topological polar surface area (TPSA) is 43.1 Å². The van der Waals surface area contributed by atoms with Crippen LogP contribution < -0.4 is 0 Å². The smallest absolute Gasteiger partial charge is 0.258 e. The lowest BCUT2D eigenvalue weighted by Gasteiger charge is -2.15. The lowest BCUT2D eigenvalue weighted by molar-refractivity contribution is -0.144. The average Bonchev–Trinajstić information content (AvgIpc) is 3.20. The molecule has 0 aliphatic heterocycles. The van der Waals surface area contributed by atoms with E-state index in [0.29, 0.717) is 4.88 Å². The van der Waals surface area contributed by atoms with Gasteiger partial charge < -0.3 is 0 Å². The Morgan fingerprint density at radius 2 is 1.69 bits per heavy atom. The monoisotopic (exact) mass is 388 g/mol. The summed E-state index contributed by atoms with van der Waals surface area (Å²) in [4.78, 5) is 3.99. The number of halogens is 6. The van der Waals surface area contributed by atoms with Gasteiger partial charge in [0.25, 0.3) is 0 Å². The van der Waals surface area contributed by atoms with Crippen molar-refractivity contribution in [2.24, 2.45) is 0 Å². The molecule has 4 aromatic heterocycles. The van der Waals surface area contributed by atoms with Gasteiger partial charge in [-0.15, -0.1) is 21.5 Å². The molecule has 0 unspecified atom stereocenters. The Hall–Kier alpha value is -2.69. The van der Waals surface area contributed by atoms with Crippen LogP contribution in [0.2, 0.25) is 0 Å². The minimum Gasteiger partial charge on any atom is -0.258 e. The van der Waals surface area contributed by atoms with Gasteiger partial charge in [0.05, 0.1) is 10.4 Å². The molecule has 0 N–H and O–H groups in total. The summed E-state index contributed by atoms with van der Waals surface area (Å²) in [7, 11) is 0. The summed E-state index contributed by atoms with van der Waals surface area (Å²) in [5, 5.41) is 8.96. The number of rotatable bonds is 1. The van der Waals surface area contributed by atoms with Crippen LogP contribution in [-0.4, -0.2) is 19.6 Å². The highest BCUT2D eigenvalue weighted by atomic mass is 32.1. The molecule has 0 aromatic carbocycles. The summed E-state index contributed by atoms with van der Waals surface area (Å²) in [6, 6.07) is 5.65. The zero-order valence-electron chi connectivity index (χ0n) is 12.4. The Morgan fingerprint density at radius 1 is 0.923 bits per heavy atom. The van der Waals surface area contributed by atoms with Gasteiger partial charge in [0.1, 0.15) is 11.3 Å². The van der Waals surface area contributed by atoms with Crippen molar-refractivity contribution < 1.29 is 26.3 Å². The summed E-state index contributed by atoms with van der Waals surface area (Å²) in [6.07, 6.45) is -10.0. The predicted molar refractivity (Wildman–Crippen MR) is 81.6 cm³/mol. The molecule has 0 saturated heterocycles. The minimum atomic E-state index is -5.03. The van der Waals surface area contributed by atoms with Gasteiger partial charge in [-0.05, 0) is 29.6 Å². The summed E-state index contributed by atoms with van der Waals surface area (Å²) in [5.74, 6) is 0.126. The first-order chi connectivity index (χ1) is 12.2. The normalized spacial score (nSPS) is 13.0. The third-order valence-corrected chi connectivity index (χ3v) is 4.54. The molecule has 0 fully saturated rings. The van der Waals surface area contributed by atoms with Crippen molar-refractivity contribution in [3.63, 3.8) is 0 Å².